The van der Waals surface area contributed by atoms with Gasteiger partial charge in [-0.2, -0.15) is 0 Å². The van der Waals surface area contributed by atoms with Crippen LogP contribution in [0.15, 0.2) is 34.7 Å². The Morgan fingerprint density at radius 2 is 1.20 bits per heavy atom. The highest BCUT2D eigenvalue weighted by molar-refractivity contribution is 6.13. The number of hydrogen-bond donors (Lipinski definition) is 2. The predicted molar refractivity (Wildman–Crippen MR) is 148 cm³/mol. The van der Waals surface area contributed by atoms with Crippen molar-refractivity contribution < 1.29 is 47.3 Å². The third kappa shape index (κ3) is 8.44. The van der Waals surface area contributed by atoms with E-state index in [1.54, 1.807) is 72.7 Å². The van der Waals surface area contributed by atoms with Gasteiger partial charge < -0.3 is 34.0 Å². The highest BCUT2D eigenvalue weighted by atomic mass is 16.6. The Bertz CT molecular complexity index is 1390. The van der Waals surface area contributed by atoms with Crippen LogP contribution < -0.4 is 20.1 Å². The van der Waals surface area contributed by atoms with Crippen LogP contribution in [0.1, 0.15) is 65.4 Å². The minimum atomic E-state index is -0.839. The van der Waals surface area contributed by atoms with E-state index in [1.807, 2.05) is 0 Å². The number of amides is 2. The Morgan fingerprint density at radius 3 is 1.66 bits per heavy atom. The third-order valence-electron chi connectivity index (χ3n) is 5.18. The molecule has 2 amide bonds. The van der Waals surface area contributed by atoms with Gasteiger partial charge in [0.25, 0.3) is 0 Å². The molecular weight excluding hydrogens is 536 g/mol. The van der Waals surface area contributed by atoms with Crippen molar-refractivity contribution in [3.63, 3.8) is 0 Å². The van der Waals surface area contributed by atoms with Gasteiger partial charge in [-0.3, -0.25) is 4.79 Å². The lowest BCUT2D eigenvalue weighted by Crippen LogP contribution is -2.36. The molecular formula is C29H34N2O10. The zero-order valence-electron chi connectivity index (χ0n) is 24.1. The fraction of sp³-hybridized carbons (Fsp3) is 0.414. The largest absolute Gasteiger partial charge is 0.449 e. The summed E-state index contributed by atoms with van der Waals surface area (Å²) in [5.74, 6) is -2.03. The van der Waals surface area contributed by atoms with E-state index in [-0.39, 0.29) is 40.4 Å². The Morgan fingerprint density at radius 1 is 0.732 bits per heavy atom. The second-order valence-corrected chi connectivity index (χ2v) is 11.0. The monoisotopic (exact) mass is 570 g/mol. The minimum Gasteiger partial charge on any atom is -0.449 e. The fourth-order valence-corrected chi connectivity index (χ4v) is 3.61. The van der Waals surface area contributed by atoms with E-state index < -0.39 is 48.4 Å². The summed E-state index contributed by atoms with van der Waals surface area (Å²) >= 11 is 0. The molecule has 0 radical (unpaired) electrons. The molecule has 0 aliphatic heterocycles. The number of rotatable bonds is 8. The molecule has 220 valence electrons. The lowest BCUT2D eigenvalue weighted by molar-refractivity contribution is -0.134. The first kappa shape index (κ1) is 30.9. The molecule has 0 unspecified atom stereocenters. The molecule has 3 rings (SSSR count). The van der Waals surface area contributed by atoms with Gasteiger partial charge in [-0.25, -0.2) is 19.2 Å². The molecule has 0 aliphatic rings. The number of ketones is 1. The number of alkyl carbamates (subject to hydrolysis) is 2. The van der Waals surface area contributed by atoms with Crippen LogP contribution in [-0.4, -0.2) is 54.2 Å². The van der Waals surface area contributed by atoms with Crippen molar-refractivity contribution >= 4 is 51.7 Å². The van der Waals surface area contributed by atoms with Crippen LogP contribution in [-0.2, 0) is 19.1 Å². The summed E-state index contributed by atoms with van der Waals surface area (Å²) in [4.78, 5) is 62.0. The Kier molecular flexibility index (Phi) is 9.26. The first-order chi connectivity index (χ1) is 19.1. The number of fused-ring (bicyclic) bond motifs is 2. The highest BCUT2D eigenvalue weighted by Crippen LogP contribution is 2.44. The number of nitrogens with one attached hydrogen (secondary N) is 2. The van der Waals surface area contributed by atoms with E-state index in [2.05, 4.69) is 10.6 Å². The van der Waals surface area contributed by atoms with Gasteiger partial charge in [-0.05, 0) is 47.6 Å². The number of esters is 2. The van der Waals surface area contributed by atoms with Crippen molar-refractivity contribution in [2.75, 3.05) is 13.1 Å². The summed E-state index contributed by atoms with van der Waals surface area (Å²) < 4.78 is 27.3. The standard InChI is InChI=1S/C29H34N2O10/c1-8-19(32)20-13-18-23(38-21(33)14-30-26(35)40-28(2,3)4)16-11-9-10-12-17(16)24(25(18)37-20)39-22(34)15-31-27(36)41-29(5,6)7/h9-13H,8,14-15H2,1-7H3,(H,30,35)(H,31,36). The van der Waals surface area contributed by atoms with Crippen molar-refractivity contribution in [3.8, 4) is 11.5 Å². The first-order valence-corrected chi connectivity index (χ1v) is 12.9. The topological polar surface area (TPSA) is 159 Å². The summed E-state index contributed by atoms with van der Waals surface area (Å²) in [6.07, 6.45) is -1.48. The van der Waals surface area contributed by atoms with Gasteiger partial charge in [0.1, 0.15) is 30.0 Å². The van der Waals surface area contributed by atoms with Gasteiger partial charge in [0.05, 0.1) is 5.39 Å². The predicted octanol–water partition coefficient (Wildman–Crippen LogP) is 5.04. The van der Waals surface area contributed by atoms with Crippen molar-refractivity contribution in [3.05, 3.63) is 36.1 Å². The number of hydrogen-bond acceptors (Lipinski definition) is 10. The van der Waals surface area contributed by atoms with Gasteiger partial charge in [0.15, 0.2) is 22.9 Å². The van der Waals surface area contributed by atoms with Gasteiger partial charge in [0.2, 0.25) is 0 Å². The Hall–Kier alpha value is -4.61. The molecule has 2 N–H and O–H groups in total. The summed E-state index contributed by atoms with van der Waals surface area (Å²) in [6.45, 7) is 10.7. The number of ether oxygens (including phenoxy) is 4. The van der Waals surface area contributed by atoms with Crippen LogP contribution in [0.2, 0.25) is 0 Å². The molecule has 0 saturated carbocycles. The maximum Gasteiger partial charge on any atom is 0.408 e. The molecule has 2 aromatic carbocycles. The van der Waals surface area contributed by atoms with Crippen molar-refractivity contribution in [1.82, 2.24) is 10.6 Å². The van der Waals surface area contributed by atoms with Crippen LogP contribution in [0, 0.1) is 0 Å². The number of furan rings is 1. The average Bonchev–Trinajstić information content (AvgIpc) is 3.31. The molecule has 0 fully saturated rings. The highest BCUT2D eigenvalue weighted by Gasteiger charge is 2.26. The van der Waals surface area contributed by atoms with E-state index in [4.69, 9.17) is 23.4 Å². The van der Waals surface area contributed by atoms with Gasteiger partial charge >= 0.3 is 24.1 Å². The molecule has 0 saturated heterocycles. The van der Waals surface area contributed by atoms with Crippen molar-refractivity contribution in [1.29, 1.82) is 0 Å². The third-order valence-corrected chi connectivity index (χ3v) is 5.18. The smallest absolute Gasteiger partial charge is 0.408 e. The van der Waals surface area contributed by atoms with E-state index in [9.17, 15) is 24.0 Å². The van der Waals surface area contributed by atoms with E-state index in [1.165, 1.54) is 6.07 Å². The summed E-state index contributed by atoms with van der Waals surface area (Å²) in [6, 6.07) is 7.98. The molecule has 0 bridgehead atoms. The number of benzene rings is 2. The fourth-order valence-electron chi connectivity index (χ4n) is 3.61. The van der Waals surface area contributed by atoms with Crippen LogP contribution in [0.4, 0.5) is 9.59 Å². The number of carbonyl (C=O) groups is 5. The second-order valence-electron chi connectivity index (χ2n) is 11.0. The molecule has 0 aliphatic carbocycles. The molecule has 41 heavy (non-hydrogen) atoms. The molecule has 0 atom stereocenters. The summed E-state index contributed by atoms with van der Waals surface area (Å²) in [5.41, 5.74) is -1.54. The zero-order valence-corrected chi connectivity index (χ0v) is 24.1. The second kappa shape index (κ2) is 12.3. The van der Waals surface area contributed by atoms with E-state index >= 15 is 0 Å². The first-order valence-electron chi connectivity index (χ1n) is 12.9. The maximum absolute atomic E-state index is 12.7. The Balaban J connectivity index is 1.97. The van der Waals surface area contributed by atoms with E-state index in [0.717, 1.165) is 0 Å². The minimum absolute atomic E-state index is 0.0194. The molecule has 0 spiro atoms. The number of Topliss-reactive ketones (excluding diaryl/α,β-unsaturated/α-hetero) is 1. The maximum atomic E-state index is 12.7. The van der Waals surface area contributed by atoms with Crippen LogP contribution in [0.5, 0.6) is 11.5 Å². The van der Waals surface area contributed by atoms with Gasteiger partial charge in [0, 0.05) is 17.2 Å². The molecule has 12 nitrogen and oxygen atoms in total. The van der Waals surface area contributed by atoms with Gasteiger partial charge in [-0.15, -0.1) is 0 Å². The number of carbonyl (C=O) groups excluding carboxylic acids is 5. The van der Waals surface area contributed by atoms with Crippen LogP contribution >= 0.6 is 0 Å². The summed E-state index contributed by atoms with van der Waals surface area (Å²) in [5, 5.41) is 5.55. The Labute approximate surface area is 236 Å². The zero-order chi connectivity index (χ0) is 30.5. The average molecular weight is 571 g/mol. The lowest BCUT2D eigenvalue weighted by Gasteiger charge is -2.19. The van der Waals surface area contributed by atoms with Crippen LogP contribution in [0.3, 0.4) is 0 Å². The normalized spacial score (nSPS) is 11.6. The quantitative estimate of drug-likeness (QED) is 0.213. The molecule has 12 heteroatoms. The molecule has 3 aromatic rings. The van der Waals surface area contributed by atoms with Crippen LogP contribution in [0.25, 0.3) is 21.7 Å². The SMILES string of the molecule is CCC(=O)c1cc2c(OC(=O)CNC(=O)OC(C)(C)C)c3ccccc3c(OC(=O)CNC(=O)OC(C)(C)C)c2o1. The van der Waals surface area contributed by atoms with Crippen molar-refractivity contribution in [2.45, 2.75) is 66.1 Å². The molecule has 1 heterocycles. The molecule has 1 aromatic heterocycles. The van der Waals surface area contributed by atoms with Gasteiger partial charge in [-0.1, -0.05) is 31.2 Å². The van der Waals surface area contributed by atoms with E-state index in [0.29, 0.717) is 10.8 Å². The lowest BCUT2D eigenvalue weighted by atomic mass is 10.0. The summed E-state index contributed by atoms with van der Waals surface area (Å²) in [7, 11) is 0. The van der Waals surface area contributed by atoms with Crippen molar-refractivity contribution in [2.24, 2.45) is 0 Å².